The van der Waals surface area contributed by atoms with Crippen LogP contribution in [0.25, 0.3) is 0 Å². The highest BCUT2D eigenvalue weighted by Crippen LogP contribution is 2.36. The summed E-state index contributed by atoms with van der Waals surface area (Å²) in [6.07, 6.45) is 1.94. The molecule has 0 saturated heterocycles. The highest BCUT2D eigenvalue weighted by Gasteiger charge is 2.26. The van der Waals surface area contributed by atoms with Gasteiger partial charge < -0.3 is 26.2 Å². The Morgan fingerprint density at radius 2 is 1.88 bits per heavy atom. The lowest BCUT2D eigenvalue weighted by molar-refractivity contribution is -0.123. The van der Waals surface area contributed by atoms with E-state index in [4.69, 9.17) is 10.5 Å². The van der Waals surface area contributed by atoms with Gasteiger partial charge in [0.1, 0.15) is 11.5 Å². The third kappa shape index (κ3) is 5.18. The number of amides is 1. The molecule has 0 unspecified atom stereocenters. The molecule has 0 aromatic heterocycles. The standard InChI is InChI=1S/C28H33N3O3/c1-17-11-21(32)12-18(2)22(17)15-24(29)28(33)31-25-9-10-30-26-16-27(34-3)20(14-23(25)26)13-19-7-5-4-6-8-19/h4-8,11-12,14,16,24-25,30,32H,9-10,13,15,29H2,1-3H3,(H,31,33)/t24-,25+/m0/s1. The molecule has 1 heterocycles. The van der Waals surface area contributed by atoms with Gasteiger partial charge in [-0.05, 0) is 78.3 Å². The third-order valence-corrected chi connectivity index (χ3v) is 6.57. The number of hydrogen-bond donors (Lipinski definition) is 4. The van der Waals surface area contributed by atoms with Crippen molar-refractivity contribution >= 4 is 11.6 Å². The summed E-state index contributed by atoms with van der Waals surface area (Å²) in [7, 11) is 1.69. The first-order valence-electron chi connectivity index (χ1n) is 11.7. The normalized spacial score (nSPS) is 15.7. The number of benzene rings is 3. The zero-order chi connectivity index (χ0) is 24.2. The highest BCUT2D eigenvalue weighted by molar-refractivity contribution is 5.83. The molecule has 1 amide bonds. The van der Waals surface area contributed by atoms with Crippen molar-refractivity contribution in [3.8, 4) is 11.5 Å². The summed E-state index contributed by atoms with van der Waals surface area (Å²) < 4.78 is 5.67. The Morgan fingerprint density at radius 1 is 1.18 bits per heavy atom. The first-order chi connectivity index (χ1) is 16.4. The van der Waals surface area contributed by atoms with Crippen LogP contribution in [-0.2, 0) is 17.6 Å². The lowest BCUT2D eigenvalue weighted by Gasteiger charge is -2.30. The largest absolute Gasteiger partial charge is 0.508 e. The van der Waals surface area contributed by atoms with Gasteiger partial charge in [-0.1, -0.05) is 30.3 Å². The zero-order valence-electron chi connectivity index (χ0n) is 20.0. The Balaban J connectivity index is 1.54. The summed E-state index contributed by atoms with van der Waals surface area (Å²) in [5.41, 5.74) is 13.5. The van der Waals surface area contributed by atoms with Gasteiger partial charge in [0, 0.05) is 24.7 Å². The van der Waals surface area contributed by atoms with Crippen LogP contribution < -0.4 is 21.1 Å². The van der Waals surface area contributed by atoms with E-state index >= 15 is 0 Å². The van der Waals surface area contributed by atoms with Gasteiger partial charge in [0.2, 0.25) is 5.91 Å². The Morgan fingerprint density at radius 3 is 2.56 bits per heavy atom. The average Bonchev–Trinajstić information content (AvgIpc) is 2.81. The number of hydrogen-bond acceptors (Lipinski definition) is 5. The molecule has 0 spiro atoms. The van der Waals surface area contributed by atoms with Crippen molar-refractivity contribution in [2.45, 2.75) is 45.2 Å². The van der Waals surface area contributed by atoms with Crippen molar-refractivity contribution in [3.05, 3.63) is 88.0 Å². The first kappa shape index (κ1) is 23.6. The number of fused-ring (bicyclic) bond motifs is 1. The van der Waals surface area contributed by atoms with Crippen LogP contribution in [0.4, 0.5) is 5.69 Å². The van der Waals surface area contributed by atoms with E-state index in [-0.39, 0.29) is 17.7 Å². The Bertz CT molecular complexity index is 1150. The molecule has 0 radical (unpaired) electrons. The molecule has 178 valence electrons. The zero-order valence-corrected chi connectivity index (χ0v) is 20.0. The van der Waals surface area contributed by atoms with E-state index in [9.17, 15) is 9.90 Å². The van der Waals surface area contributed by atoms with Crippen LogP contribution in [-0.4, -0.2) is 30.7 Å². The number of nitrogens with one attached hydrogen (secondary N) is 2. The van der Waals surface area contributed by atoms with Crippen LogP contribution in [0, 0.1) is 13.8 Å². The average molecular weight is 460 g/mol. The summed E-state index contributed by atoms with van der Waals surface area (Å²) in [5, 5.41) is 16.4. The first-order valence-corrected chi connectivity index (χ1v) is 11.7. The molecule has 34 heavy (non-hydrogen) atoms. The molecule has 0 bridgehead atoms. The van der Waals surface area contributed by atoms with Gasteiger partial charge in [0.25, 0.3) is 0 Å². The van der Waals surface area contributed by atoms with Gasteiger partial charge in [-0.25, -0.2) is 0 Å². The summed E-state index contributed by atoms with van der Waals surface area (Å²) in [6.45, 7) is 4.61. The Kier molecular flexibility index (Phi) is 7.08. The number of methoxy groups -OCH3 is 1. The van der Waals surface area contributed by atoms with Gasteiger partial charge in [0.15, 0.2) is 0 Å². The lowest BCUT2D eigenvalue weighted by Crippen LogP contribution is -2.44. The van der Waals surface area contributed by atoms with Crippen molar-refractivity contribution in [2.75, 3.05) is 19.0 Å². The van der Waals surface area contributed by atoms with E-state index in [2.05, 4.69) is 28.8 Å². The summed E-state index contributed by atoms with van der Waals surface area (Å²) >= 11 is 0. The van der Waals surface area contributed by atoms with Crippen LogP contribution in [0.2, 0.25) is 0 Å². The number of nitrogens with two attached hydrogens (primary N) is 1. The molecule has 3 aromatic carbocycles. The highest BCUT2D eigenvalue weighted by atomic mass is 16.5. The van der Waals surface area contributed by atoms with Gasteiger partial charge in [-0.3, -0.25) is 4.79 Å². The smallest absolute Gasteiger partial charge is 0.237 e. The van der Waals surface area contributed by atoms with Crippen molar-refractivity contribution in [1.29, 1.82) is 0 Å². The number of phenolic OH excluding ortho intramolecular Hbond substituents is 1. The summed E-state index contributed by atoms with van der Waals surface area (Å²) in [6, 6.07) is 17.0. The summed E-state index contributed by atoms with van der Waals surface area (Å²) in [4.78, 5) is 13.1. The van der Waals surface area contributed by atoms with Gasteiger partial charge >= 0.3 is 0 Å². The number of ether oxygens (including phenoxy) is 1. The second-order valence-electron chi connectivity index (χ2n) is 9.06. The van der Waals surface area contributed by atoms with Crippen molar-refractivity contribution in [1.82, 2.24) is 5.32 Å². The Hall–Kier alpha value is -3.51. The molecule has 0 aliphatic carbocycles. The maximum Gasteiger partial charge on any atom is 0.237 e. The van der Waals surface area contributed by atoms with E-state index in [0.29, 0.717) is 6.42 Å². The van der Waals surface area contributed by atoms with Gasteiger partial charge in [-0.2, -0.15) is 0 Å². The second kappa shape index (κ2) is 10.2. The predicted octanol–water partition coefficient (Wildman–Crippen LogP) is 4.15. The molecular formula is C28H33N3O3. The maximum atomic E-state index is 13.1. The summed E-state index contributed by atoms with van der Waals surface area (Å²) in [5.74, 6) is 0.882. The van der Waals surface area contributed by atoms with E-state index < -0.39 is 6.04 Å². The van der Waals surface area contributed by atoms with Gasteiger partial charge in [-0.15, -0.1) is 0 Å². The monoisotopic (exact) mass is 459 g/mol. The van der Waals surface area contributed by atoms with E-state index in [0.717, 1.165) is 58.6 Å². The molecule has 0 fully saturated rings. The van der Waals surface area contributed by atoms with Crippen LogP contribution in [0.15, 0.2) is 54.6 Å². The maximum absolute atomic E-state index is 13.1. The van der Waals surface area contributed by atoms with E-state index in [1.165, 1.54) is 5.56 Å². The molecule has 3 aromatic rings. The van der Waals surface area contributed by atoms with E-state index in [1.807, 2.05) is 38.1 Å². The van der Waals surface area contributed by atoms with Crippen molar-refractivity contribution in [2.24, 2.45) is 5.73 Å². The minimum Gasteiger partial charge on any atom is -0.508 e. The van der Waals surface area contributed by atoms with E-state index in [1.54, 1.807) is 19.2 Å². The second-order valence-corrected chi connectivity index (χ2v) is 9.06. The number of rotatable bonds is 7. The quantitative estimate of drug-likeness (QED) is 0.426. The van der Waals surface area contributed by atoms with Crippen LogP contribution in [0.3, 0.4) is 0 Å². The van der Waals surface area contributed by atoms with Crippen molar-refractivity contribution < 1.29 is 14.6 Å². The molecule has 1 aliphatic rings. The number of carbonyl (C=O) groups excluding carboxylic acids is 1. The minimum atomic E-state index is -0.678. The number of carbonyl (C=O) groups is 1. The topological polar surface area (TPSA) is 96.6 Å². The molecule has 0 saturated carbocycles. The molecule has 6 heteroatoms. The van der Waals surface area contributed by atoms with Crippen LogP contribution in [0.5, 0.6) is 11.5 Å². The Labute approximate surface area is 201 Å². The third-order valence-electron chi connectivity index (χ3n) is 6.57. The van der Waals surface area contributed by atoms with Gasteiger partial charge in [0.05, 0.1) is 19.2 Å². The molecule has 1 aliphatic heterocycles. The minimum absolute atomic E-state index is 0.128. The van der Waals surface area contributed by atoms with Crippen LogP contribution in [0.1, 0.15) is 45.8 Å². The number of aryl methyl sites for hydroxylation is 2. The molecule has 6 nitrogen and oxygen atoms in total. The fourth-order valence-corrected chi connectivity index (χ4v) is 4.77. The predicted molar refractivity (Wildman–Crippen MR) is 135 cm³/mol. The fraction of sp³-hybridized carbons (Fsp3) is 0.321. The molecule has 4 rings (SSSR count). The number of aromatic hydroxyl groups is 1. The SMILES string of the molecule is COc1cc2c(cc1Cc1ccccc1)[C@H](NC(=O)[C@@H](N)Cc1c(C)cc(O)cc1C)CCN2. The van der Waals surface area contributed by atoms with Crippen LogP contribution >= 0.6 is 0 Å². The number of anilines is 1. The molecule has 5 N–H and O–H groups in total. The molecule has 2 atom stereocenters. The molecular weight excluding hydrogens is 426 g/mol. The number of phenols is 1. The lowest BCUT2D eigenvalue weighted by atomic mass is 9.92. The fourth-order valence-electron chi connectivity index (χ4n) is 4.77. The van der Waals surface area contributed by atoms with Crippen molar-refractivity contribution in [3.63, 3.8) is 0 Å².